The minimum atomic E-state index is -0.522. The molecule has 0 radical (unpaired) electrons. The van der Waals surface area contributed by atoms with Crippen molar-refractivity contribution in [3.05, 3.63) is 47.2 Å². The zero-order valence-corrected chi connectivity index (χ0v) is 17.0. The first-order valence-electron chi connectivity index (χ1n) is 9.85. The van der Waals surface area contributed by atoms with Gasteiger partial charge in [-0.25, -0.2) is 9.50 Å². The number of nitro groups is 1. The molecule has 0 N–H and O–H groups in total. The fourth-order valence-corrected chi connectivity index (χ4v) is 4.56. The van der Waals surface area contributed by atoms with Gasteiger partial charge in [0.25, 0.3) is 0 Å². The number of hydrogen-bond donors (Lipinski definition) is 0. The molecule has 1 aliphatic rings. The molecule has 31 heavy (non-hydrogen) atoms. The lowest BCUT2D eigenvalue weighted by Crippen LogP contribution is -2.45. The third kappa shape index (κ3) is 2.95. The summed E-state index contributed by atoms with van der Waals surface area (Å²) in [4.78, 5) is 15.7. The van der Waals surface area contributed by atoms with Crippen LogP contribution in [-0.4, -0.2) is 39.1 Å². The molecular weight excluding hydrogens is 398 g/mol. The Labute approximate surface area is 176 Å². The fraction of sp³-hybridized carbons (Fsp3) is 0.350. The van der Waals surface area contributed by atoms with Crippen molar-refractivity contribution < 1.29 is 4.92 Å². The fourth-order valence-electron chi connectivity index (χ4n) is 4.56. The largest absolute Gasteiger partial charge is 0.399 e. The molecule has 0 aliphatic heterocycles. The first-order valence-corrected chi connectivity index (χ1v) is 9.85. The first kappa shape index (κ1) is 18.9. The summed E-state index contributed by atoms with van der Waals surface area (Å²) in [6.07, 6.45) is 10.7. The van der Waals surface area contributed by atoms with Crippen LogP contribution in [-0.2, 0) is 12.6 Å². The monoisotopic (exact) mass is 417 g/mol. The molecule has 156 valence electrons. The molecule has 4 aromatic heterocycles. The Morgan fingerprint density at radius 2 is 2.13 bits per heavy atom. The predicted octanol–water partition coefficient (Wildman–Crippen LogP) is 2.94. The van der Waals surface area contributed by atoms with Gasteiger partial charge in [0.15, 0.2) is 0 Å². The molecule has 0 bridgehead atoms. The summed E-state index contributed by atoms with van der Waals surface area (Å²) in [6, 6.07) is 4.12. The number of nitriles is 1. The number of nitrogens with zero attached hydrogens (tertiary/aromatic N) is 9. The van der Waals surface area contributed by atoms with Gasteiger partial charge >= 0.3 is 5.82 Å². The van der Waals surface area contributed by atoms with E-state index in [0.717, 1.165) is 23.9 Å². The van der Waals surface area contributed by atoms with Crippen LogP contribution in [0.5, 0.6) is 0 Å². The van der Waals surface area contributed by atoms with Gasteiger partial charge in [-0.3, -0.25) is 4.68 Å². The normalized spacial score (nSPS) is 20.5. The molecule has 0 saturated heterocycles. The minimum Gasteiger partial charge on any atom is -0.358 e. The summed E-state index contributed by atoms with van der Waals surface area (Å²) in [6.45, 7) is 2.17. The van der Waals surface area contributed by atoms with Crippen LogP contribution in [0.1, 0.15) is 26.2 Å². The van der Waals surface area contributed by atoms with Gasteiger partial charge in [0, 0.05) is 11.8 Å². The van der Waals surface area contributed by atoms with Crippen molar-refractivity contribution >= 4 is 11.3 Å². The summed E-state index contributed by atoms with van der Waals surface area (Å²) in [7, 11) is 1.63. The Morgan fingerprint density at radius 1 is 1.32 bits per heavy atom. The minimum absolute atomic E-state index is 0.264. The van der Waals surface area contributed by atoms with Crippen molar-refractivity contribution in [2.45, 2.75) is 31.7 Å². The molecule has 0 unspecified atom stereocenters. The van der Waals surface area contributed by atoms with E-state index in [9.17, 15) is 15.4 Å². The van der Waals surface area contributed by atoms with Gasteiger partial charge in [0.05, 0.1) is 71.9 Å². The molecule has 0 spiro atoms. The molecule has 0 aromatic carbocycles. The van der Waals surface area contributed by atoms with Crippen molar-refractivity contribution in [1.29, 1.82) is 5.26 Å². The standard InChI is InChI=1S/C20H19N9O2/c1-13-7-20(8-13,4-5-21)28-10-14(9-23-28)18-17-3-6-22-27(17)12-16(24-18)15-11-26(2)25-19(15)29(30)31/h3,6,9-13H,4,7-8H2,1-2H3/t13-,20-. The second-order valence-corrected chi connectivity index (χ2v) is 8.18. The molecule has 4 heterocycles. The average molecular weight is 417 g/mol. The van der Waals surface area contributed by atoms with Crippen LogP contribution in [0.2, 0.25) is 0 Å². The van der Waals surface area contributed by atoms with Crippen LogP contribution < -0.4 is 0 Å². The average Bonchev–Trinajstić information content (AvgIpc) is 3.44. The van der Waals surface area contributed by atoms with Crippen LogP contribution in [0, 0.1) is 27.4 Å². The molecule has 1 saturated carbocycles. The van der Waals surface area contributed by atoms with Gasteiger partial charge < -0.3 is 10.1 Å². The summed E-state index contributed by atoms with van der Waals surface area (Å²) < 4.78 is 4.91. The zero-order chi connectivity index (χ0) is 21.8. The highest BCUT2D eigenvalue weighted by molar-refractivity contribution is 5.79. The maximum atomic E-state index is 11.5. The number of fused-ring (bicyclic) bond motifs is 1. The molecule has 11 heteroatoms. The third-order valence-electron chi connectivity index (χ3n) is 5.85. The SMILES string of the molecule is Cn1cc(-c2cn3nccc3c(-c3cnn([C@]4(CC#N)C[C@@H](C)C4)c3)n2)c([N+](=O)[O-])n1. The Morgan fingerprint density at radius 3 is 2.84 bits per heavy atom. The first-order chi connectivity index (χ1) is 14.9. The second kappa shape index (κ2) is 6.73. The molecule has 5 rings (SSSR count). The van der Waals surface area contributed by atoms with Crippen molar-refractivity contribution in [3.8, 4) is 28.6 Å². The van der Waals surface area contributed by atoms with Gasteiger partial charge in [-0.2, -0.15) is 20.1 Å². The third-order valence-corrected chi connectivity index (χ3v) is 5.85. The maximum Gasteiger partial charge on any atom is 0.399 e. The maximum absolute atomic E-state index is 11.5. The van der Waals surface area contributed by atoms with Crippen LogP contribution in [0.15, 0.2) is 37.1 Å². The summed E-state index contributed by atoms with van der Waals surface area (Å²) in [5.74, 6) is 0.287. The molecule has 0 atom stereocenters. The van der Waals surface area contributed by atoms with E-state index in [1.165, 1.54) is 4.68 Å². The van der Waals surface area contributed by atoms with E-state index in [2.05, 4.69) is 28.3 Å². The molecule has 1 aliphatic carbocycles. The molecule has 0 amide bonds. The smallest absolute Gasteiger partial charge is 0.358 e. The van der Waals surface area contributed by atoms with E-state index in [0.29, 0.717) is 29.3 Å². The lowest BCUT2D eigenvalue weighted by atomic mass is 9.67. The Hall–Kier alpha value is -4.07. The quantitative estimate of drug-likeness (QED) is 0.360. The van der Waals surface area contributed by atoms with Crippen molar-refractivity contribution in [2.75, 3.05) is 0 Å². The molecular formula is C20H19N9O2. The highest BCUT2D eigenvalue weighted by Crippen LogP contribution is 2.46. The topological polar surface area (TPSA) is 133 Å². The lowest BCUT2D eigenvalue weighted by Gasteiger charge is -2.45. The highest BCUT2D eigenvalue weighted by Gasteiger charge is 2.44. The van der Waals surface area contributed by atoms with E-state index in [1.54, 1.807) is 36.4 Å². The van der Waals surface area contributed by atoms with Crippen LogP contribution in [0.25, 0.3) is 28.0 Å². The zero-order valence-electron chi connectivity index (χ0n) is 17.0. The van der Waals surface area contributed by atoms with Crippen molar-refractivity contribution in [2.24, 2.45) is 13.0 Å². The Balaban J connectivity index is 1.64. The Kier molecular flexibility index (Phi) is 4.11. The molecule has 1 fully saturated rings. The second-order valence-electron chi connectivity index (χ2n) is 8.18. The number of aryl methyl sites for hydroxylation is 1. The van der Waals surface area contributed by atoms with E-state index in [-0.39, 0.29) is 11.4 Å². The van der Waals surface area contributed by atoms with Gasteiger partial charge in [-0.05, 0) is 29.7 Å². The summed E-state index contributed by atoms with van der Waals surface area (Å²) >= 11 is 0. The van der Waals surface area contributed by atoms with Crippen LogP contribution in [0.3, 0.4) is 0 Å². The van der Waals surface area contributed by atoms with Crippen LogP contribution >= 0.6 is 0 Å². The van der Waals surface area contributed by atoms with Crippen molar-refractivity contribution in [3.63, 3.8) is 0 Å². The van der Waals surface area contributed by atoms with E-state index in [1.807, 2.05) is 16.9 Å². The van der Waals surface area contributed by atoms with E-state index in [4.69, 9.17) is 4.98 Å². The Bertz CT molecular complexity index is 1350. The summed E-state index contributed by atoms with van der Waals surface area (Å²) in [5, 5.41) is 33.6. The highest BCUT2D eigenvalue weighted by atomic mass is 16.6. The van der Waals surface area contributed by atoms with Crippen LogP contribution in [0.4, 0.5) is 5.82 Å². The number of hydrogen-bond acceptors (Lipinski definition) is 7. The number of rotatable bonds is 5. The van der Waals surface area contributed by atoms with E-state index < -0.39 is 4.92 Å². The predicted molar refractivity (Wildman–Crippen MR) is 110 cm³/mol. The summed E-state index contributed by atoms with van der Waals surface area (Å²) in [5.41, 5.74) is 2.54. The van der Waals surface area contributed by atoms with Gasteiger partial charge in [0.2, 0.25) is 0 Å². The lowest BCUT2D eigenvalue weighted by molar-refractivity contribution is -0.389. The molecule has 4 aromatic rings. The van der Waals surface area contributed by atoms with E-state index >= 15 is 0 Å². The van der Waals surface area contributed by atoms with Gasteiger partial charge in [0.1, 0.15) is 5.56 Å². The van der Waals surface area contributed by atoms with Gasteiger partial charge in [-0.1, -0.05) is 6.92 Å². The van der Waals surface area contributed by atoms with Gasteiger partial charge in [-0.15, -0.1) is 0 Å². The molecule has 11 nitrogen and oxygen atoms in total. The van der Waals surface area contributed by atoms with Crippen molar-refractivity contribution in [1.82, 2.24) is 34.2 Å². The number of aromatic nitrogens is 7.